The Labute approximate surface area is 284 Å². The van der Waals surface area contributed by atoms with E-state index in [1.54, 1.807) is 19.1 Å². The van der Waals surface area contributed by atoms with E-state index in [0.29, 0.717) is 44.5 Å². The molecule has 4 unspecified atom stereocenters. The number of aliphatic hydroxyl groups excluding tert-OH is 1. The molecule has 1 N–H and O–H groups in total. The van der Waals surface area contributed by atoms with Crippen molar-refractivity contribution in [3.8, 4) is 11.1 Å². The van der Waals surface area contributed by atoms with Crippen LogP contribution < -0.4 is 0 Å². The number of ether oxygens (including phenoxy) is 3. The van der Waals surface area contributed by atoms with Crippen LogP contribution in [0.25, 0.3) is 11.1 Å². The molecule has 0 radical (unpaired) electrons. The number of carbonyl (C=O) groups is 1. The van der Waals surface area contributed by atoms with E-state index in [9.17, 15) is 23.1 Å². The number of aliphatic hydroxyl groups is 1. The van der Waals surface area contributed by atoms with Gasteiger partial charge in [-0.1, -0.05) is 68.3 Å². The fraction of sp³-hybridized carbons (Fsp3) is 0.615. The van der Waals surface area contributed by atoms with Crippen LogP contribution in [0.3, 0.4) is 0 Å². The highest BCUT2D eigenvalue weighted by Crippen LogP contribution is 2.68. The van der Waals surface area contributed by atoms with Gasteiger partial charge in [0.25, 0.3) is 0 Å². The van der Waals surface area contributed by atoms with Gasteiger partial charge < -0.3 is 19.3 Å². The molecule has 3 saturated carbocycles. The van der Waals surface area contributed by atoms with E-state index in [1.165, 1.54) is 18.3 Å². The van der Waals surface area contributed by atoms with Crippen molar-refractivity contribution in [2.45, 2.75) is 95.6 Å². The van der Waals surface area contributed by atoms with Crippen molar-refractivity contribution in [3.05, 3.63) is 70.8 Å². The average Bonchev–Trinajstić information content (AvgIpc) is 3.35. The molecule has 0 bridgehead atoms. The first-order chi connectivity index (χ1) is 23.0. The fourth-order valence-electron chi connectivity index (χ4n) is 9.93. The van der Waals surface area contributed by atoms with E-state index in [-0.39, 0.29) is 36.0 Å². The Bertz CT molecular complexity index is 1600. The van der Waals surface area contributed by atoms with Gasteiger partial charge in [-0.05, 0) is 84.1 Å². The molecule has 266 valence electrons. The average molecular weight is 689 g/mol. The molecule has 1 saturated heterocycles. The van der Waals surface area contributed by atoms with Crippen molar-refractivity contribution in [1.82, 2.24) is 0 Å². The molecule has 10 heteroatoms. The lowest BCUT2D eigenvalue weighted by atomic mass is 9.52. The largest absolute Gasteiger partial charge is 0.465 e. The first-order valence-electron chi connectivity index (χ1n) is 17.4. The molecule has 4 aliphatic carbocycles. The fourth-order valence-corrected chi connectivity index (χ4v) is 9.93. The summed E-state index contributed by atoms with van der Waals surface area (Å²) in [5, 5.41) is 11.4. The Morgan fingerprint density at radius 2 is 1.51 bits per heavy atom. The van der Waals surface area contributed by atoms with Crippen molar-refractivity contribution >= 4 is 5.97 Å². The standard InChI is InChI=1S/C39H45F5O5/c1-35(2)20-48-37(49-21-35)16-15-27-26(18-37)13-14-28-30-17-31(38(40,41)39(42,43)44)33(45)36(30,3)19-29(32(27)28)24-9-5-22(6-10-24)23-7-11-25(12-8-23)34(46)47-4/h5-12,26,28-31,33,45H,13-21H2,1-4H3/t26?,28?,29?,30-,31?,33-,36-/m0/s1. The van der Waals surface area contributed by atoms with Gasteiger partial charge in [0, 0.05) is 24.2 Å². The molecule has 4 fully saturated rings. The van der Waals surface area contributed by atoms with Gasteiger partial charge in [-0.3, -0.25) is 0 Å². The Kier molecular flexibility index (Phi) is 8.39. The molecule has 1 heterocycles. The number of allylic oxidation sites excluding steroid dienone is 2. The molecule has 0 amide bonds. The van der Waals surface area contributed by atoms with E-state index < -0.39 is 47.2 Å². The molecular weight excluding hydrogens is 643 g/mol. The van der Waals surface area contributed by atoms with E-state index in [4.69, 9.17) is 14.2 Å². The minimum atomic E-state index is -5.74. The Balaban J connectivity index is 1.26. The summed E-state index contributed by atoms with van der Waals surface area (Å²) < 4.78 is 88.8. The SMILES string of the molecule is COC(=O)c1ccc(-c2ccc(C3C[C@]4(C)[C@@H](O)C(C(F)(F)C(F)(F)F)C[C@H]4C4CCC5CC6(CCC5=C34)OCC(C)(C)CO6)cc2)cc1. The normalized spacial score (nSPS) is 33.8. The summed E-state index contributed by atoms with van der Waals surface area (Å²) in [6.07, 6.45) is -4.11. The molecule has 2 aromatic carbocycles. The lowest BCUT2D eigenvalue weighted by Crippen LogP contribution is -2.52. The van der Waals surface area contributed by atoms with Gasteiger partial charge in [0.05, 0.1) is 37.9 Å². The molecule has 0 aromatic heterocycles. The zero-order valence-electron chi connectivity index (χ0n) is 28.4. The summed E-state index contributed by atoms with van der Waals surface area (Å²) in [6, 6.07) is 15.0. The first kappa shape index (κ1) is 34.6. The lowest BCUT2D eigenvalue weighted by molar-refractivity contribution is -0.312. The van der Waals surface area contributed by atoms with Crippen molar-refractivity contribution < 1.29 is 46.1 Å². The van der Waals surface area contributed by atoms with Gasteiger partial charge in [-0.15, -0.1) is 0 Å². The Hall–Kier alpha value is -2.82. The second-order valence-corrected chi connectivity index (χ2v) is 16.2. The predicted molar refractivity (Wildman–Crippen MR) is 173 cm³/mol. The van der Waals surface area contributed by atoms with Gasteiger partial charge in [0.2, 0.25) is 0 Å². The maximum atomic E-state index is 15.0. The molecule has 5 nitrogen and oxygen atoms in total. The smallest absolute Gasteiger partial charge is 0.453 e. The highest BCUT2D eigenvalue weighted by atomic mass is 19.4. The molecule has 1 spiro atoms. The maximum Gasteiger partial charge on any atom is 0.453 e. The molecular formula is C39H45F5O5. The Morgan fingerprint density at radius 3 is 2.10 bits per heavy atom. The summed E-state index contributed by atoms with van der Waals surface area (Å²) in [7, 11) is 1.33. The van der Waals surface area contributed by atoms with Crippen molar-refractivity contribution in [2.24, 2.45) is 34.5 Å². The van der Waals surface area contributed by atoms with E-state index in [1.807, 2.05) is 36.4 Å². The van der Waals surface area contributed by atoms with Gasteiger partial charge in [-0.2, -0.15) is 22.0 Å². The van der Waals surface area contributed by atoms with Crippen LogP contribution in [0.2, 0.25) is 0 Å². The van der Waals surface area contributed by atoms with E-state index >= 15 is 8.78 Å². The van der Waals surface area contributed by atoms with Crippen molar-refractivity contribution in [2.75, 3.05) is 20.3 Å². The third-order valence-electron chi connectivity index (χ3n) is 12.6. The van der Waals surface area contributed by atoms with Crippen molar-refractivity contribution in [3.63, 3.8) is 0 Å². The number of methoxy groups -OCH3 is 1. The number of halogens is 5. The van der Waals surface area contributed by atoms with Gasteiger partial charge in [0.1, 0.15) is 0 Å². The Morgan fingerprint density at radius 1 is 0.898 bits per heavy atom. The molecule has 49 heavy (non-hydrogen) atoms. The topological polar surface area (TPSA) is 65.0 Å². The summed E-state index contributed by atoms with van der Waals surface area (Å²) in [5.74, 6) is -9.04. The minimum absolute atomic E-state index is 0.0749. The quantitative estimate of drug-likeness (QED) is 0.197. The molecule has 2 aromatic rings. The number of carbonyl (C=O) groups excluding carboxylic acids is 1. The summed E-state index contributed by atoms with van der Waals surface area (Å²) in [5.41, 5.74) is 4.44. The zero-order valence-corrected chi connectivity index (χ0v) is 28.4. The van der Waals surface area contributed by atoms with Crippen LogP contribution in [0.4, 0.5) is 22.0 Å². The molecule has 5 aliphatic rings. The van der Waals surface area contributed by atoms with Gasteiger partial charge in [-0.25, -0.2) is 4.79 Å². The monoisotopic (exact) mass is 688 g/mol. The van der Waals surface area contributed by atoms with Crippen LogP contribution in [0.5, 0.6) is 0 Å². The van der Waals surface area contributed by atoms with Crippen LogP contribution in [-0.4, -0.2) is 55.4 Å². The molecule has 7 rings (SSSR count). The number of hydrogen-bond donors (Lipinski definition) is 1. The van der Waals surface area contributed by atoms with Crippen LogP contribution in [0, 0.1) is 34.5 Å². The number of hydrogen-bond acceptors (Lipinski definition) is 5. The predicted octanol–water partition coefficient (Wildman–Crippen LogP) is 9.10. The zero-order chi connectivity index (χ0) is 35.1. The number of fused-ring (bicyclic) bond motifs is 4. The van der Waals surface area contributed by atoms with Crippen LogP contribution in [0.1, 0.15) is 87.6 Å². The van der Waals surface area contributed by atoms with Crippen LogP contribution in [0.15, 0.2) is 59.7 Å². The number of esters is 1. The summed E-state index contributed by atoms with van der Waals surface area (Å²) >= 11 is 0. The number of benzene rings is 2. The second kappa shape index (κ2) is 11.9. The van der Waals surface area contributed by atoms with Crippen LogP contribution >= 0.6 is 0 Å². The van der Waals surface area contributed by atoms with Gasteiger partial charge >= 0.3 is 18.1 Å². The van der Waals surface area contributed by atoms with E-state index in [2.05, 4.69) is 13.8 Å². The summed E-state index contributed by atoms with van der Waals surface area (Å²) in [4.78, 5) is 11.9. The minimum Gasteiger partial charge on any atom is -0.465 e. The van der Waals surface area contributed by atoms with Gasteiger partial charge in [0.15, 0.2) is 5.79 Å². The summed E-state index contributed by atoms with van der Waals surface area (Å²) in [6.45, 7) is 7.15. The highest BCUT2D eigenvalue weighted by molar-refractivity contribution is 5.90. The third kappa shape index (κ3) is 5.74. The van der Waals surface area contributed by atoms with Crippen molar-refractivity contribution in [1.29, 1.82) is 0 Å². The molecule has 7 atom stereocenters. The number of alkyl halides is 5. The molecule has 1 aliphatic heterocycles. The van der Waals surface area contributed by atoms with E-state index in [0.717, 1.165) is 23.1 Å². The second-order valence-electron chi connectivity index (χ2n) is 16.2. The number of rotatable bonds is 4. The lowest BCUT2D eigenvalue weighted by Gasteiger charge is -2.55. The van der Waals surface area contributed by atoms with Crippen LogP contribution in [-0.2, 0) is 14.2 Å². The first-order valence-corrected chi connectivity index (χ1v) is 17.4. The highest BCUT2D eigenvalue weighted by Gasteiger charge is 2.71. The maximum absolute atomic E-state index is 15.0. The third-order valence-corrected chi connectivity index (χ3v) is 12.6.